The lowest BCUT2D eigenvalue weighted by Gasteiger charge is -2.33. The highest BCUT2D eigenvalue weighted by molar-refractivity contribution is 7.80. The summed E-state index contributed by atoms with van der Waals surface area (Å²) >= 11 is 5.44. The Balaban J connectivity index is 1.50. The minimum Gasteiger partial charge on any atom is -0.490 e. The summed E-state index contributed by atoms with van der Waals surface area (Å²) in [5.74, 6) is -0.536. The van der Waals surface area contributed by atoms with E-state index in [2.05, 4.69) is 10.3 Å². The fraction of sp³-hybridized carbons (Fsp3) is 0.333. The highest BCUT2D eigenvalue weighted by atomic mass is 32.1. The van der Waals surface area contributed by atoms with Crippen LogP contribution < -0.4 is 14.8 Å². The van der Waals surface area contributed by atoms with E-state index in [-0.39, 0.29) is 11.9 Å². The van der Waals surface area contributed by atoms with Crippen molar-refractivity contribution in [3.05, 3.63) is 48.2 Å². The van der Waals surface area contributed by atoms with Crippen LogP contribution >= 0.6 is 12.2 Å². The molecule has 0 radical (unpaired) electrons. The van der Waals surface area contributed by atoms with E-state index in [0.29, 0.717) is 36.9 Å². The van der Waals surface area contributed by atoms with Gasteiger partial charge in [0.05, 0.1) is 19.0 Å². The fourth-order valence-corrected chi connectivity index (χ4v) is 3.04. The highest BCUT2D eigenvalue weighted by Crippen LogP contribution is 2.22. The van der Waals surface area contributed by atoms with E-state index in [0.717, 1.165) is 11.8 Å². The van der Waals surface area contributed by atoms with Gasteiger partial charge < -0.3 is 19.7 Å². The molecular formula is C18H19F2N3O2S. The molecule has 3 rings (SSSR count). The van der Waals surface area contributed by atoms with Crippen LogP contribution in [0.2, 0.25) is 0 Å². The van der Waals surface area contributed by atoms with Gasteiger partial charge in [0.25, 0.3) is 0 Å². The van der Waals surface area contributed by atoms with Crippen molar-refractivity contribution in [2.75, 3.05) is 25.5 Å². The second kappa shape index (κ2) is 8.27. The molecule has 1 saturated heterocycles. The lowest BCUT2D eigenvalue weighted by atomic mass is 10.1. The van der Waals surface area contributed by atoms with Crippen LogP contribution in [0.3, 0.4) is 0 Å². The summed E-state index contributed by atoms with van der Waals surface area (Å²) in [4.78, 5) is 6.16. The molecule has 1 aliphatic heterocycles. The van der Waals surface area contributed by atoms with E-state index < -0.39 is 11.6 Å². The molecule has 5 nitrogen and oxygen atoms in total. The van der Waals surface area contributed by atoms with E-state index in [9.17, 15) is 8.78 Å². The first-order valence-corrected chi connectivity index (χ1v) is 8.63. The predicted octanol–water partition coefficient (Wildman–Crippen LogP) is 3.61. The molecule has 1 aliphatic rings. The first-order valence-electron chi connectivity index (χ1n) is 8.22. The van der Waals surface area contributed by atoms with Crippen LogP contribution in [-0.4, -0.2) is 41.3 Å². The van der Waals surface area contributed by atoms with Crippen molar-refractivity contribution < 1.29 is 18.3 Å². The summed E-state index contributed by atoms with van der Waals surface area (Å²) in [6, 6.07) is 6.81. The van der Waals surface area contributed by atoms with E-state index in [1.807, 2.05) is 11.0 Å². The summed E-state index contributed by atoms with van der Waals surface area (Å²) in [5, 5.41) is 3.75. The van der Waals surface area contributed by atoms with Crippen LogP contribution in [0.15, 0.2) is 36.5 Å². The average molecular weight is 379 g/mol. The van der Waals surface area contributed by atoms with Crippen molar-refractivity contribution in [1.29, 1.82) is 0 Å². The summed E-state index contributed by atoms with van der Waals surface area (Å²) in [7, 11) is 1.56. The number of pyridine rings is 1. The number of nitrogens with one attached hydrogen (secondary N) is 1. The molecule has 0 unspecified atom stereocenters. The topological polar surface area (TPSA) is 46.6 Å². The van der Waals surface area contributed by atoms with Gasteiger partial charge in [0.15, 0.2) is 5.11 Å². The molecule has 1 aromatic heterocycles. The van der Waals surface area contributed by atoms with Gasteiger partial charge in [0.2, 0.25) is 5.88 Å². The predicted molar refractivity (Wildman–Crippen MR) is 98.6 cm³/mol. The first kappa shape index (κ1) is 18.3. The monoisotopic (exact) mass is 379 g/mol. The maximum absolute atomic E-state index is 13.2. The zero-order chi connectivity index (χ0) is 18.5. The molecule has 2 aromatic rings. The number of hydrogen-bond acceptors (Lipinski definition) is 4. The van der Waals surface area contributed by atoms with Crippen LogP contribution in [0.4, 0.5) is 14.5 Å². The first-order chi connectivity index (χ1) is 12.5. The molecule has 1 aromatic carbocycles. The molecule has 0 aliphatic carbocycles. The maximum Gasteiger partial charge on any atom is 0.213 e. The normalized spacial score (nSPS) is 14.8. The van der Waals surface area contributed by atoms with Crippen molar-refractivity contribution in [3.8, 4) is 11.6 Å². The third kappa shape index (κ3) is 4.78. The average Bonchev–Trinajstić information content (AvgIpc) is 2.62. The number of halogens is 2. The number of aromatic nitrogens is 1. The molecule has 1 N–H and O–H groups in total. The number of ether oxygens (including phenoxy) is 2. The van der Waals surface area contributed by atoms with Crippen molar-refractivity contribution in [3.63, 3.8) is 0 Å². The Hall–Kier alpha value is -2.48. The number of likely N-dealkylation sites (tertiary alicyclic amines) is 1. The Bertz CT molecular complexity index is 745. The minimum absolute atomic E-state index is 0.0992. The lowest BCUT2D eigenvalue weighted by Crippen LogP contribution is -2.43. The van der Waals surface area contributed by atoms with Crippen molar-refractivity contribution >= 4 is 23.0 Å². The number of piperidine rings is 1. The quantitative estimate of drug-likeness (QED) is 0.819. The molecule has 0 spiro atoms. The molecule has 0 saturated carbocycles. The number of methoxy groups -OCH3 is 1. The van der Waals surface area contributed by atoms with Crippen LogP contribution in [0.1, 0.15) is 12.8 Å². The number of hydrogen-bond donors (Lipinski definition) is 1. The Morgan fingerprint density at radius 1 is 1.19 bits per heavy atom. The molecular weight excluding hydrogens is 360 g/mol. The van der Waals surface area contributed by atoms with Gasteiger partial charge in [0.1, 0.15) is 23.5 Å². The number of benzene rings is 1. The SMILES string of the molecule is COc1ccc(NC(=S)N2CCC(Oc3cc(F)cc(F)c3)CC2)cn1. The van der Waals surface area contributed by atoms with Crippen molar-refractivity contribution in [2.45, 2.75) is 18.9 Å². The van der Waals surface area contributed by atoms with Gasteiger partial charge in [-0.05, 0) is 18.3 Å². The van der Waals surface area contributed by atoms with Gasteiger partial charge in [-0.3, -0.25) is 0 Å². The number of nitrogens with zero attached hydrogens (tertiary/aromatic N) is 2. The largest absolute Gasteiger partial charge is 0.490 e. The molecule has 1 fully saturated rings. The molecule has 8 heteroatoms. The zero-order valence-electron chi connectivity index (χ0n) is 14.2. The number of rotatable bonds is 4. The standard InChI is InChI=1S/C18H19F2N3O2S/c1-24-17-3-2-14(11-21-17)22-18(26)23-6-4-15(5-7-23)25-16-9-12(19)8-13(20)10-16/h2-3,8-11,15H,4-7H2,1H3,(H,22,26). The molecule has 2 heterocycles. The number of anilines is 1. The third-order valence-electron chi connectivity index (χ3n) is 4.06. The van der Waals surface area contributed by atoms with Gasteiger partial charge in [-0.2, -0.15) is 0 Å². The second-order valence-corrected chi connectivity index (χ2v) is 6.32. The van der Waals surface area contributed by atoms with Crippen molar-refractivity contribution in [2.24, 2.45) is 0 Å². The second-order valence-electron chi connectivity index (χ2n) is 5.93. The van der Waals surface area contributed by atoms with Crippen LogP contribution in [-0.2, 0) is 0 Å². The van der Waals surface area contributed by atoms with Gasteiger partial charge in [-0.25, -0.2) is 13.8 Å². The van der Waals surface area contributed by atoms with E-state index >= 15 is 0 Å². The van der Waals surface area contributed by atoms with Crippen LogP contribution in [0, 0.1) is 11.6 Å². The Labute approximate surface area is 155 Å². The molecule has 0 atom stereocenters. The van der Waals surface area contributed by atoms with Gasteiger partial charge in [-0.15, -0.1) is 0 Å². The van der Waals surface area contributed by atoms with E-state index in [1.165, 1.54) is 12.1 Å². The summed E-state index contributed by atoms with van der Waals surface area (Å²) in [6.45, 7) is 1.38. The lowest BCUT2D eigenvalue weighted by molar-refractivity contribution is 0.131. The Morgan fingerprint density at radius 2 is 1.88 bits per heavy atom. The van der Waals surface area contributed by atoms with E-state index in [4.69, 9.17) is 21.7 Å². The smallest absolute Gasteiger partial charge is 0.213 e. The number of thiocarbonyl (C=S) groups is 1. The fourth-order valence-electron chi connectivity index (χ4n) is 2.74. The minimum atomic E-state index is -0.643. The summed E-state index contributed by atoms with van der Waals surface area (Å²) < 4.78 is 37.2. The third-order valence-corrected chi connectivity index (χ3v) is 4.43. The van der Waals surface area contributed by atoms with Gasteiger partial charge in [-0.1, -0.05) is 0 Å². The van der Waals surface area contributed by atoms with Gasteiger partial charge in [0, 0.05) is 50.2 Å². The molecule has 138 valence electrons. The van der Waals surface area contributed by atoms with Crippen LogP contribution in [0.25, 0.3) is 0 Å². The van der Waals surface area contributed by atoms with Crippen molar-refractivity contribution in [1.82, 2.24) is 9.88 Å². The molecule has 0 amide bonds. The Kier molecular flexibility index (Phi) is 5.82. The highest BCUT2D eigenvalue weighted by Gasteiger charge is 2.22. The summed E-state index contributed by atoms with van der Waals surface area (Å²) in [6.07, 6.45) is 2.97. The molecule has 0 bridgehead atoms. The molecule has 26 heavy (non-hydrogen) atoms. The van der Waals surface area contributed by atoms with Crippen LogP contribution in [0.5, 0.6) is 11.6 Å². The Morgan fingerprint density at radius 3 is 2.46 bits per heavy atom. The van der Waals surface area contributed by atoms with Gasteiger partial charge >= 0.3 is 0 Å². The van der Waals surface area contributed by atoms with E-state index in [1.54, 1.807) is 19.4 Å². The maximum atomic E-state index is 13.2. The zero-order valence-corrected chi connectivity index (χ0v) is 15.1. The summed E-state index contributed by atoms with van der Waals surface area (Å²) in [5.41, 5.74) is 0.782.